The third-order valence-corrected chi connectivity index (χ3v) is 6.24. The molecule has 1 aliphatic heterocycles. The van der Waals surface area contributed by atoms with Gasteiger partial charge < -0.3 is 19.9 Å². The number of amides is 1. The Bertz CT molecular complexity index is 871. The average molecular weight is 430 g/mol. The average Bonchev–Trinajstić information content (AvgIpc) is 3.12. The van der Waals surface area contributed by atoms with E-state index in [-0.39, 0.29) is 0 Å². The van der Waals surface area contributed by atoms with Gasteiger partial charge in [-0.1, -0.05) is 26.7 Å². The number of pyridine rings is 1. The highest BCUT2D eigenvalue weighted by atomic mass is 16.5. The van der Waals surface area contributed by atoms with Crippen LogP contribution >= 0.6 is 0 Å². The number of carbonyl (C=O) groups is 1. The zero-order valence-electron chi connectivity index (χ0n) is 19.6. The second-order valence-electron chi connectivity index (χ2n) is 8.61. The van der Waals surface area contributed by atoms with Crippen LogP contribution in [0.2, 0.25) is 0 Å². The van der Waals surface area contributed by atoms with Crippen LogP contribution in [0.15, 0.2) is 0 Å². The van der Waals surface area contributed by atoms with E-state index in [1.54, 1.807) is 0 Å². The lowest BCUT2D eigenvalue weighted by atomic mass is 9.95. The maximum atomic E-state index is 11.5. The highest BCUT2D eigenvalue weighted by Gasteiger charge is 2.21. The minimum atomic E-state index is 0.303. The Hall–Kier alpha value is -2.15. The van der Waals surface area contributed by atoms with Crippen LogP contribution in [0, 0.1) is 0 Å². The first-order valence-corrected chi connectivity index (χ1v) is 12.0. The van der Waals surface area contributed by atoms with Gasteiger partial charge in [-0.05, 0) is 44.1 Å². The van der Waals surface area contributed by atoms with E-state index in [1.807, 2.05) is 4.90 Å². The fraction of sp³-hybridized carbons (Fsp3) is 0.708. The first kappa shape index (κ1) is 23.5. The standard InChI is InChI=1S/C14H20N4.C10H19NO2/c1-3-6-11-17-12-13(18(11)2)9-7-4-5-8-10(9)16-14(12)15;1-2-3-4-5-10(12)11-6-8-13-9-7-11/h3-8H2,1-2H3,(H2,15,16);2-9H2,1H3. The van der Waals surface area contributed by atoms with Crippen LogP contribution in [0.5, 0.6) is 0 Å². The van der Waals surface area contributed by atoms with Gasteiger partial charge in [0.2, 0.25) is 5.91 Å². The Morgan fingerprint density at radius 3 is 2.52 bits per heavy atom. The number of nitrogen functional groups attached to an aromatic ring is 1. The molecular formula is C24H39N5O2. The van der Waals surface area contributed by atoms with Crippen molar-refractivity contribution in [1.82, 2.24) is 19.4 Å². The fourth-order valence-electron chi connectivity index (χ4n) is 4.48. The van der Waals surface area contributed by atoms with Crippen LogP contribution in [-0.4, -0.2) is 51.6 Å². The van der Waals surface area contributed by atoms with Crippen molar-refractivity contribution >= 4 is 22.8 Å². The van der Waals surface area contributed by atoms with Crippen LogP contribution in [0.3, 0.4) is 0 Å². The first-order valence-electron chi connectivity index (χ1n) is 12.0. The molecule has 2 aromatic heterocycles. The summed E-state index contributed by atoms with van der Waals surface area (Å²) < 4.78 is 7.40. The Morgan fingerprint density at radius 1 is 1.06 bits per heavy atom. The van der Waals surface area contributed by atoms with Gasteiger partial charge >= 0.3 is 0 Å². The van der Waals surface area contributed by atoms with Gasteiger partial charge in [-0.15, -0.1) is 0 Å². The van der Waals surface area contributed by atoms with E-state index >= 15 is 0 Å². The van der Waals surface area contributed by atoms with Gasteiger partial charge in [0.05, 0.1) is 18.7 Å². The smallest absolute Gasteiger partial charge is 0.222 e. The van der Waals surface area contributed by atoms with Gasteiger partial charge in [0, 0.05) is 38.7 Å². The quantitative estimate of drug-likeness (QED) is 0.706. The topological polar surface area (TPSA) is 86.3 Å². The zero-order valence-corrected chi connectivity index (χ0v) is 19.6. The molecular weight excluding hydrogens is 390 g/mol. The van der Waals surface area contributed by atoms with Crippen molar-refractivity contribution < 1.29 is 9.53 Å². The third-order valence-electron chi connectivity index (χ3n) is 6.24. The molecule has 0 unspecified atom stereocenters. The number of fused-ring (bicyclic) bond motifs is 3. The number of nitrogens with zero attached hydrogens (tertiary/aromatic N) is 4. The number of anilines is 1. The van der Waals surface area contributed by atoms with Gasteiger partial charge in [0.1, 0.15) is 11.3 Å². The summed E-state index contributed by atoms with van der Waals surface area (Å²) in [6, 6.07) is 0. The summed E-state index contributed by atoms with van der Waals surface area (Å²) >= 11 is 0. The lowest BCUT2D eigenvalue weighted by Gasteiger charge is -2.26. The molecule has 3 heterocycles. The Labute approximate surface area is 186 Å². The van der Waals surface area contributed by atoms with Gasteiger partial charge in [-0.2, -0.15) is 0 Å². The molecule has 1 fully saturated rings. The minimum absolute atomic E-state index is 0.303. The number of imidazole rings is 1. The van der Waals surface area contributed by atoms with Gasteiger partial charge in [-0.25, -0.2) is 9.97 Å². The van der Waals surface area contributed by atoms with Crippen LogP contribution in [0.1, 0.15) is 75.9 Å². The van der Waals surface area contributed by atoms with E-state index in [0.717, 1.165) is 63.0 Å². The zero-order chi connectivity index (χ0) is 22.2. The largest absolute Gasteiger partial charge is 0.382 e. The van der Waals surface area contributed by atoms with Crippen LogP contribution in [0.25, 0.3) is 11.0 Å². The number of aryl methyl sites for hydroxylation is 4. The molecule has 31 heavy (non-hydrogen) atoms. The van der Waals surface area contributed by atoms with E-state index in [1.165, 1.54) is 36.0 Å². The molecule has 7 heteroatoms. The molecule has 0 atom stereocenters. The second-order valence-corrected chi connectivity index (χ2v) is 8.61. The Morgan fingerprint density at radius 2 is 1.81 bits per heavy atom. The van der Waals surface area contributed by atoms with Gasteiger partial charge in [0.25, 0.3) is 0 Å². The molecule has 0 bridgehead atoms. The molecule has 0 radical (unpaired) electrons. The van der Waals surface area contributed by atoms with Gasteiger partial charge in [-0.3, -0.25) is 4.79 Å². The molecule has 2 N–H and O–H groups in total. The van der Waals surface area contributed by atoms with E-state index in [2.05, 4.69) is 35.4 Å². The van der Waals surface area contributed by atoms with Crippen molar-refractivity contribution in [2.75, 3.05) is 32.0 Å². The van der Waals surface area contributed by atoms with Crippen molar-refractivity contribution in [2.24, 2.45) is 7.05 Å². The SMILES string of the molecule is CCCCCC(=O)N1CCOCC1.CCCc1nc2c(N)nc3c(c2n1C)CCCC3. The van der Waals surface area contributed by atoms with Gasteiger partial charge in [0.15, 0.2) is 5.82 Å². The summed E-state index contributed by atoms with van der Waals surface area (Å²) in [5.41, 5.74) is 10.8. The molecule has 1 aliphatic carbocycles. The molecule has 7 nitrogen and oxygen atoms in total. The molecule has 4 rings (SSSR count). The van der Waals surface area contributed by atoms with E-state index < -0.39 is 0 Å². The number of unbranched alkanes of at least 4 members (excludes halogenated alkanes) is 2. The molecule has 1 amide bonds. The van der Waals surface area contributed by atoms with Crippen molar-refractivity contribution in [2.45, 2.75) is 78.1 Å². The molecule has 2 aliphatic rings. The predicted molar refractivity (Wildman–Crippen MR) is 125 cm³/mol. The van der Waals surface area contributed by atoms with Crippen LogP contribution < -0.4 is 5.73 Å². The van der Waals surface area contributed by atoms with E-state index in [0.29, 0.717) is 31.4 Å². The van der Waals surface area contributed by atoms with Crippen molar-refractivity contribution in [3.05, 3.63) is 17.1 Å². The minimum Gasteiger partial charge on any atom is -0.382 e. The number of nitrogens with two attached hydrogens (primary N) is 1. The van der Waals surface area contributed by atoms with E-state index in [9.17, 15) is 4.79 Å². The van der Waals surface area contributed by atoms with Crippen molar-refractivity contribution in [3.8, 4) is 0 Å². The molecule has 172 valence electrons. The monoisotopic (exact) mass is 429 g/mol. The number of hydrogen-bond donors (Lipinski definition) is 1. The maximum Gasteiger partial charge on any atom is 0.222 e. The number of morpholine rings is 1. The highest BCUT2D eigenvalue weighted by molar-refractivity contribution is 5.89. The fourth-order valence-corrected chi connectivity index (χ4v) is 4.48. The molecule has 0 aromatic carbocycles. The number of ether oxygens (including phenoxy) is 1. The predicted octanol–water partition coefficient (Wildman–Crippen LogP) is 3.81. The Kier molecular flexibility index (Phi) is 8.69. The third kappa shape index (κ3) is 5.76. The lowest BCUT2D eigenvalue weighted by Crippen LogP contribution is -2.40. The first-order chi connectivity index (χ1) is 15.1. The highest BCUT2D eigenvalue weighted by Crippen LogP contribution is 2.31. The molecule has 0 saturated carbocycles. The van der Waals surface area contributed by atoms with Crippen LogP contribution in [-0.2, 0) is 35.8 Å². The number of hydrogen-bond acceptors (Lipinski definition) is 5. The lowest BCUT2D eigenvalue weighted by molar-refractivity contribution is -0.135. The molecule has 0 spiro atoms. The van der Waals surface area contributed by atoms with Crippen LogP contribution in [0.4, 0.5) is 5.82 Å². The summed E-state index contributed by atoms with van der Waals surface area (Å²) in [7, 11) is 2.11. The molecule has 2 aromatic rings. The van der Waals surface area contributed by atoms with E-state index in [4.69, 9.17) is 10.5 Å². The summed E-state index contributed by atoms with van der Waals surface area (Å²) in [6.45, 7) is 7.31. The Balaban J connectivity index is 0.000000187. The maximum absolute atomic E-state index is 11.5. The van der Waals surface area contributed by atoms with Crippen molar-refractivity contribution in [3.63, 3.8) is 0 Å². The summed E-state index contributed by atoms with van der Waals surface area (Å²) in [6.07, 6.45) is 10.8. The summed E-state index contributed by atoms with van der Waals surface area (Å²) in [4.78, 5) is 22.7. The number of aromatic nitrogens is 3. The number of rotatable bonds is 6. The summed E-state index contributed by atoms with van der Waals surface area (Å²) in [5.74, 6) is 2.03. The number of carbonyl (C=O) groups excluding carboxylic acids is 1. The molecule has 1 saturated heterocycles. The second kappa shape index (κ2) is 11.5. The summed E-state index contributed by atoms with van der Waals surface area (Å²) in [5, 5.41) is 0. The van der Waals surface area contributed by atoms with Crippen molar-refractivity contribution in [1.29, 1.82) is 0 Å². The normalized spacial score (nSPS) is 16.0.